The number of hydrogen-bond donors (Lipinski definition) is 1. The van der Waals surface area contributed by atoms with Gasteiger partial charge in [-0.25, -0.2) is 0 Å². The second kappa shape index (κ2) is 6.52. The van der Waals surface area contributed by atoms with E-state index < -0.39 is 0 Å². The number of rotatable bonds is 4. The van der Waals surface area contributed by atoms with Crippen LogP contribution in [0, 0.1) is 0 Å². The lowest BCUT2D eigenvalue weighted by molar-refractivity contribution is -0.0260. The fourth-order valence-corrected chi connectivity index (χ4v) is 2.72. The molecule has 0 aromatic heterocycles. The van der Waals surface area contributed by atoms with E-state index in [9.17, 15) is 0 Å². The van der Waals surface area contributed by atoms with E-state index in [0.29, 0.717) is 6.54 Å². The lowest BCUT2D eigenvalue weighted by Crippen LogP contribution is -2.45. The molecule has 2 rings (SSSR count). The summed E-state index contributed by atoms with van der Waals surface area (Å²) in [6.07, 6.45) is 0.167. The number of hydrogen-bond acceptors (Lipinski definition) is 4. The zero-order chi connectivity index (χ0) is 13.0. The molecule has 1 fully saturated rings. The van der Waals surface area contributed by atoms with Crippen molar-refractivity contribution in [1.82, 2.24) is 4.90 Å². The number of benzene rings is 1. The van der Waals surface area contributed by atoms with Crippen molar-refractivity contribution >= 4 is 15.9 Å². The fraction of sp³-hybridized carbons (Fsp3) is 0.538. The minimum atomic E-state index is 0.167. The molecule has 1 atom stereocenters. The molecule has 0 radical (unpaired) electrons. The molecule has 1 unspecified atom stereocenters. The molecule has 2 N–H and O–H groups in total. The van der Waals surface area contributed by atoms with Crippen molar-refractivity contribution in [2.24, 2.45) is 5.73 Å². The van der Waals surface area contributed by atoms with E-state index in [1.54, 1.807) is 7.11 Å². The first-order chi connectivity index (χ1) is 8.72. The number of morpholine rings is 1. The van der Waals surface area contributed by atoms with Gasteiger partial charge < -0.3 is 15.2 Å². The molecule has 0 amide bonds. The van der Waals surface area contributed by atoms with Gasteiger partial charge in [-0.3, -0.25) is 4.90 Å². The van der Waals surface area contributed by atoms with Gasteiger partial charge in [-0.2, -0.15) is 0 Å². The Kier molecular flexibility index (Phi) is 5.00. The Bertz CT molecular complexity index is 401. The summed E-state index contributed by atoms with van der Waals surface area (Å²) < 4.78 is 11.8. The Balaban J connectivity index is 1.98. The summed E-state index contributed by atoms with van der Waals surface area (Å²) in [5.41, 5.74) is 6.91. The van der Waals surface area contributed by atoms with Crippen molar-refractivity contribution in [3.63, 3.8) is 0 Å². The molecular weight excluding hydrogens is 296 g/mol. The van der Waals surface area contributed by atoms with Crippen LogP contribution in [0.25, 0.3) is 0 Å². The van der Waals surface area contributed by atoms with E-state index in [4.69, 9.17) is 15.2 Å². The highest BCUT2D eigenvalue weighted by molar-refractivity contribution is 9.10. The normalized spacial score (nSPS) is 20.9. The fourth-order valence-electron chi connectivity index (χ4n) is 2.13. The first-order valence-electron chi connectivity index (χ1n) is 6.09. The van der Waals surface area contributed by atoms with Gasteiger partial charge >= 0.3 is 0 Å². The predicted molar refractivity (Wildman–Crippen MR) is 74.8 cm³/mol. The van der Waals surface area contributed by atoms with Crippen LogP contribution < -0.4 is 10.5 Å². The van der Waals surface area contributed by atoms with Crippen molar-refractivity contribution in [3.05, 3.63) is 28.2 Å². The third-order valence-electron chi connectivity index (χ3n) is 3.11. The van der Waals surface area contributed by atoms with Crippen LogP contribution in [-0.4, -0.2) is 44.4 Å². The monoisotopic (exact) mass is 314 g/mol. The van der Waals surface area contributed by atoms with E-state index in [1.165, 1.54) is 5.56 Å². The molecule has 18 heavy (non-hydrogen) atoms. The Hall–Kier alpha value is -0.620. The topological polar surface area (TPSA) is 47.7 Å². The van der Waals surface area contributed by atoms with E-state index in [0.717, 1.165) is 36.5 Å². The van der Waals surface area contributed by atoms with Gasteiger partial charge in [0.1, 0.15) is 5.75 Å². The highest BCUT2D eigenvalue weighted by atomic mass is 79.9. The molecule has 0 spiro atoms. The summed E-state index contributed by atoms with van der Waals surface area (Å²) in [6.45, 7) is 4.13. The Morgan fingerprint density at radius 3 is 3.06 bits per heavy atom. The van der Waals surface area contributed by atoms with Crippen LogP contribution in [0.1, 0.15) is 5.56 Å². The quantitative estimate of drug-likeness (QED) is 0.917. The summed E-state index contributed by atoms with van der Waals surface area (Å²) in [5.74, 6) is 0.862. The molecule has 0 bridgehead atoms. The lowest BCUT2D eigenvalue weighted by atomic mass is 10.2. The average Bonchev–Trinajstić information content (AvgIpc) is 2.39. The second-order valence-electron chi connectivity index (χ2n) is 4.43. The maximum absolute atomic E-state index is 5.65. The third-order valence-corrected chi connectivity index (χ3v) is 3.73. The van der Waals surface area contributed by atoms with Gasteiger partial charge in [0.25, 0.3) is 0 Å². The lowest BCUT2D eigenvalue weighted by Gasteiger charge is -2.32. The van der Waals surface area contributed by atoms with E-state index >= 15 is 0 Å². The molecule has 0 aliphatic carbocycles. The number of nitrogens with zero attached hydrogens (tertiary/aromatic N) is 1. The molecule has 1 aromatic rings. The first kappa shape index (κ1) is 13.8. The molecule has 0 saturated carbocycles. The summed E-state index contributed by atoms with van der Waals surface area (Å²) in [5, 5.41) is 0. The van der Waals surface area contributed by atoms with Crippen molar-refractivity contribution in [1.29, 1.82) is 0 Å². The van der Waals surface area contributed by atoms with Crippen LogP contribution in [0.5, 0.6) is 5.75 Å². The maximum Gasteiger partial charge on any atom is 0.133 e. The minimum Gasteiger partial charge on any atom is -0.496 e. The zero-order valence-corrected chi connectivity index (χ0v) is 12.1. The van der Waals surface area contributed by atoms with E-state index in [-0.39, 0.29) is 6.10 Å². The van der Waals surface area contributed by atoms with Gasteiger partial charge in [0, 0.05) is 26.2 Å². The highest BCUT2D eigenvalue weighted by Crippen LogP contribution is 2.26. The van der Waals surface area contributed by atoms with Gasteiger partial charge in [-0.05, 0) is 33.6 Å². The van der Waals surface area contributed by atoms with Gasteiger partial charge in [-0.1, -0.05) is 6.07 Å². The van der Waals surface area contributed by atoms with Crippen molar-refractivity contribution < 1.29 is 9.47 Å². The zero-order valence-electron chi connectivity index (χ0n) is 10.6. The number of halogens is 1. The first-order valence-corrected chi connectivity index (χ1v) is 6.88. The second-order valence-corrected chi connectivity index (χ2v) is 5.29. The smallest absolute Gasteiger partial charge is 0.133 e. The highest BCUT2D eigenvalue weighted by Gasteiger charge is 2.19. The summed E-state index contributed by atoms with van der Waals surface area (Å²) >= 11 is 3.51. The van der Waals surface area contributed by atoms with Crippen LogP contribution in [0.2, 0.25) is 0 Å². The van der Waals surface area contributed by atoms with Gasteiger partial charge in [0.2, 0.25) is 0 Å². The molecule has 4 nitrogen and oxygen atoms in total. The van der Waals surface area contributed by atoms with E-state index in [2.05, 4.69) is 33.0 Å². The van der Waals surface area contributed by atoms with Crippen LogP contribution in [0.3, 0.4) is 0 Å². The van der Waals surface area contributed by atoms with Gasteiger partial charge in [0.15, 0.2) is 0 Å². The van der Waals surface area contributed by atoms with Crippen LogP contribution in [0.15, 0.2) is 22.7 Å². The number of nitrogens with two attached hydrogens (primary N) is 1. The standard InChI is InChI=1S/C13H19BrN2O2/c1-17-13-3-2-10(6-12(13)14)8-16-4-5-18-11(7-15)9-16/h2-3,6,11H,4-5,7-9,15H2,1H3. The third kappa shape index (κ3) is 3.45. The average molecular weight is 315 g/mol. The Labute approximate surface area is 116 Å². The molecule has 1 aromatic carbocycles. The Morgan fingerprint density at radius 2 is 2.39 bits per heavy atom. The molecule has 1 saturated heterocycles. The number of methoxy groups -OCH3 is 1. The largest absolute Gasteiger partial charge is 0.496 e. The number of ether oxygens (including phenoxy) is 2. The van der Waals surface area contributed by atoms with Crippen LogP contribution in [-0.2, 0) is 11.3 Å². The summed E-state index contributed by atoms with van der Waals surface area (Å²) in [4.78, 5) is 2.37. The van der Waals surface area contributed by atoms with E-state index in [1.807, 2.05) is 6.07 Å². The molecule has 100 valence electrons. The van der Waals surface area contributed by atoms with Gasteiger partial charge in [0.05, 0.1) is 24.3 Å². The predicted octanol–water partition coefficient (Wildman–Crippen LogP) is 1.62. The van der Waals surface area contributed by atoms with Gasteiger partial charge in [-0.15, -0.1) is 0 Å². The molecule has 5 heteroatoms. The molecule has 1 aliphatic rings. The SMILES string of the molecule is COc1ccc(CN2CCOC(CN)C2)cc1Br. The summed E-state index contributed by atoms with van der Waals surface area (Å²) in [6, 6.07) is 6.18. The van der Waals surface area contributed by atoms with Crippen molar-refractivity contribution in [2.75, 3.05) is 33.4 Å². The van der Waals surface area contributed by atoms with Crippen LogP contribution in [0.4, 0.5) is 0 Å². The van der Waals surface area contributed by atoms with Crippen molar-refractivity contribution in [2.45, 2.75) is 12.6 Å². The van der Waals surface area contributed by atoms with Crippen LogP contribution >= 0.6 is 15.9 Å². The minimum absolute atomic E-state index is 0.167. The molecule has 1 aliphatic heterocycles. The molecular formula is C13H19BrN2O2. The molecule has 1 heterocycles. The summed E-state index contributed by atoms with van der Waals surface area (Å²) in [7, 11) is 1.67. The Morgan fingerprint density at radius 1 is 1.56 bits per heavy atom. The maximum atomic E-state index is 5.65. The van der Waals surface area contributed by atoms with Crippen molar-refractivity contribution in [3.8, 4) is 5.75 Å².